The summed E-state index contributed by atoms with van der Waals surface area (Å²) < 4.78 is 5.23. The van der Waals surface area contributed by atoms with Gasteiger partial charge in [0.25, 0.3) is 0 Å². The smallest absolute Gasteiger partial charge is 0.161 e. The van der Waals surface area contributed by atoms with Crippen LogP contribution in [0.15, 0.2) is 12.5 Å². The third-order valence-corrected chi connectivity index (χ3v) is 2.23. The van der Waals surface area contributed by atoms with Crippen molar-refractivity contribution in [1.29, 1.82) is 5.26 Å². The zero-order valence-electron chi connectivity index (χ0n) is 8.13. The lowest BCUT2D eigenvalue weighted by atomic mass is 10.3. The number of morpholine rings is 1. The summed E-state index contributed by atoms with van der Waals surface area (Å²) in [4.78, 5) is 9.85. The quantitative estimate of drug-likeness (QED) is 0.682. The molecular weight excluding hydrogens is 194 g/mol. The van der Waals surface area contributed by atoms with E-state index in [1.807, 2.05) is 4.90 Å². The lowest BCUT2D eigenvalue weighted by Gasteiger charge is -2.31. The van der Waals surface area contributed by atoms with Crippen molar-refractivity contribution in [2.45, 2.75) is 6.10 Å². The molecule has 2 rings (SSSR count). The van der Waals surface area contributed by atoms with Crippen LogP contribution in [0.3, 0.4) is 0 Å². The van der Waals surface area contributed by atoms with Crippen molar-refractivity contribution in [2.24, 2.45) is 0 Å². The molecule has 15 heavy (non-hydrogen) atoms. The SMILES string of the molecule is N#CC1CN(c2ncncc2N)CCO1. The maximum atomic E-state index is 8.76. The summed E-state index contributed by atoms with van der Waals surface area (Å²) in [5.41, 5.74) is 6.27. The van der Waals surface area contributed by atoms with Crippen molar-refractivity contribution in [1.82, 2.24) is 9.97 Å². The van der Waals surface area contributed by atoms with Gasteiger partial charge >= 0.3 is 0 Å². The molecule has 1 aliphatic heterocycles. The molecule has 1 aliphatic rings. The molecular formula is C9H11N5O. The highest BCUT2D eigenvalue weighted by Crippen LogP contribution is 2.20. The molecule has 1 fully saturated rings. The Balaban J connectivity index is 2.18. The summed E-state index contributed by atoms with van der Waals surface area (Å²) in [5, 5.41) is 8.76. The van der Waals surface area contributed by atoms with Crippen LogP contribution in [0.1, 0.15) is 0 Å². The first-order chi connectivity index (χ1) is 7.31. The average Bonchev–Trinajstić information content (AvgIpc) is 2.30. The van der Waals surface area contributed by atoms with Crippen LogP contribution in [0.25, 0.3) is 0 Å². The number of anilines is 2. The van der Waals surface area contributed by atoms with Crippen LogP contribution in [-0.2, 0) is 4.74 Å². The molecule has 0 amide bonds. The van der Waals surface area contributed by atoms with Gasteiger partial charge in [0.05, 0.1) is 31.1 Å². The molecule has 0 spiro atoms. The standard InChI is InChI=1S/C9H11N5O/c10-3-7-5-14(1-2-15-7)9-8(11)4-12-6-13-9/h4,6-7H,1-2,5,11H2. The van der Waals surface area contributed by atoms with Gasteiger partial charge < -0.3 is 15.4 Å². The summed E-state index contributed by atoms with van der Waals surface area (Å²) in [6.07, 6.45) is 2.59. The highest BCUT2D eigenvalue weighted by Gasteiger charge is 2.22. The topological polar surface area (TPSA) is 88.1 Å². The first kappa shape index (κ1) is 9.68. The highest BCUT2D eigenvalue weighted by molar-refractivity contribution is 5.61. The minimum Gasteiger partial charge on any atom is -0.394 e. The number of ether oxygens (including phenoxy) is 1. The number of rotatable bonds is 1. The molecule has 1 aromatic rings. The van der Waals surface area contributed by atoms with Gasteiger partial charge in [-0.05, 0) is 0 Å². The maximum absolute atomic E-state index is 8.76. The molecule has 1 saturated heterocycles. The monoisotopic (exact) mass is 205 g/mol. The fourth-order valence-electron chi connectivity index (χ4n) is 1.52. The molecule has 1 aromatic heterocycles. The fourth-order valence-corrected chi connectivity index (χ4v) is 1.52. The van der Waals surface area contributed by atoms with Gasteiger partial charge in [0.2, 0.25) is 0 Å². The lowest BCUT2D eigenvalue weighted by molar-refractivity contribution is 0.0762. The Morgan fingerprint density at radius 2 is 2.53 bits per heavy atom. The second-order valence-electron chi connectivity index (χ2n) is 3.24. The normalized spacial score (nSPS) is 21.0. The van der Waals surface area contributed by atoms with E-state index in [0.29, 0.717) is 31.2 Å². The molecule has 0 aliphatic carbocycles. The maximum Gasteiger partial charge on any atom is 0.161 e. The largest absolute Gasteiger partial charge is 0.394 e. The second-order valence-corrected chi connectivity index (χ2v) is 3.24. The zero-order valence-corrected chi connectivity index (χ0v) is 8.13. The Bertz CT molecular complexity index is 388. The van der Waals surface area contributed by atoms with E-state index >= 15 is 0 Å². The summed E-state index contributed by atoms with van der Waals surface area (Å²) in [6, 6.07) is 2.07. The van der Waals surface area contributed by atoms with Crippen LogP contribution < -0.4 is 10.6 Å². The average molecular weight is 205 g/mol. The third kappa shape index (κ3) is 1.97. The first-order valence-corrected chi connectivity index (χ1v) is 4.63. The van der Waals surface area contributed by atoms with Crippen molar-refractivity contribution in [3.8, 4) is 6.07 Å². The molecule has 78 valence electrons. The summed E-state index contributed by atoms with van der Waals surface area (Å²) >= 11 is 0. The molecule has 2 heterocycles. The van der Waals surface area contributed by atoms with E-state index in [1.54, 1.807) is 6.20 Å². The van der Waals surface area contributed by atoms with E-state index in [1.165, 1.54) is 6.33 Å². The minimum absolute atomic E-state index is 0.409. The molecule has 0 aromatic carbocycles. The minimum atomic E-state index is -0.409. The van der Waals surface area contributed by atoms with Gasteiger partial charge in [-0.1, -0.05) is 0 Å². The van der Waals surface area contributed by atoms with Gasteiger partial charge in [0.15, 0.2) is 11.9 Å². The van der Waals surface area contributed by atoms with Gasteiger partial charge in [-0.25, -0.2) is 9.97 Å². The Morgan fingerprint density at radius 3 is 3.27 bits per heavy atom. The van der Waals surface area contributed by atoms with E-state index in [2.05, 4.69) is 16.0 Å². The predicted octanol–water partition coefficient (Wildman–Crippen LogP) is -0.212. The summed E-state index contributed by atoms with van der Waals surface area (Å²) in [5.74, 6) is 0.675. The Labute approximate surface area is 87.3 Å². The number of aromatic nitrogens is 2. The van der Waals surface area contributed by atoms with Crippen LogP contribution in [0.2, 0.25) is 0 Å². The molecule has 0 bridgehead atoms. The first-order valence-electron chi connectivity index (χ1n) is 4.63. The van der Waals surface area contributed by atoms with E-state index in [0.717, 1.165) is 0 Å². The van der Waals surface area contributed by atoms with Crippen molar-refractivity contribution in [3.63, 3.8) is 0 Å². The van der Waals surface area contributed by atoms with Crippen LogP contribution in [-0.4, -0.2) is 35.8 Å². The van der Waals surface area contributed by atoms with Gasteiger partial charge in [-0.3, -0.25) is 0 Å². The van der Waals surface area contributed by atoms with Crippen molar-refractivity contribution in [3.05, 3.63) is 12.5 Å². The Kier molecular flexibility index (Phi) is 2.65. The van der Waals surface area contributed by atoms with Crippen molar-refractivity contribution in [2.75, 3.05) is 30.3 Å². The van der Waals surface area contributed by atoms with E-state index < -0.39 is 6.10 Å². The van der Waals surface area contributed by atoms with E-state index in [4.69, 9.17) is 15.7 Å². The number of nitrogens with two attached hydrogens (primary N) is 1. The van der Waals surface area contributed by atoms with Gasteiger partial charge in [-0.2, -0.15) is 5.26 Å². The van der Waals surface area contributed by atoms with E-state index in [9.17, 15) is 0 Å². The molecule has 6 heteroatoms. The van der Waals surface area contributed by atoms with Crippen LogP contribution in [0.4, 0.5) is 11.5 Å². The zero-order chi connectivity index (χ0) is 10.7. The highest BCUT2D eigenvalue weighted by atomic mass is 16.5. The predicted molar refractivity (Wildman–Crippen MR) is 54.0 cm³/mol. The second kappa shape index (κ2) is 4.11. The Morgan fingerprint density at radius 1 is 1.67 bits per heavy atom. The molecule has 1 unspecified atom stereocenters. The number of nitriles is 1. The number of nitrogens with zero attached hydrogens (tertiary/aromatic N) is 4. The van der Waals surface area contributed by atoms with Crippen LogP contribution in [0, 0.1) is 11.3 Å². The van der Waals surface area contributed by atoms with Gasteiger partial charge in [-0.15, -0.1) is 0 Å². The summed E-state index contributed by atoms with van der Waals surface area (Å²) in [6.45, 7) is 1.71. The molecule has 1 atom stereocenters. The van der Waals surface area contributed by atoms with E-state index in [-0.39, 0.29) is 0 Å². The lowest BCUT2D eigenvalue weighted by Crippen LogP contribution is -2.42. The molecule has 0 radical (unpaired) electrons. The van der Waals surface area contributed by atoms with Gasteiger partial charge in [0.1, 0.15) is 6.33 Å². The fraction of sp³-hybridized carbons (Fsp3) is 0.444. The van der Waals surface area contributed by atoms with Crippen LogP contribution >= 0.6 is 0 Å². The summed E-state index contributed by atoms with van der Waals surface area (Å²) in [7, 11) is 0. The number of hydrogen-bond donors (Lipinski definition) is 1. The number of hydrogen-bond acceptors (Lipinski definition) is 6. The van der Waals surface area contributed by atoms with Crippen molar-refractivity contribution < 1.29 is 4.74 Å². The molecule has 2 N–H and O–H groups in total. The molecule has 0 saturated carbocycles. The van der Waals surface area contributed by atoms with Crippen LogP contribution in [0.5, 0.6) is 0 Å². The Hall–Kier alpha value is -1.87. The molecule has 6 nitrogen and oxygen atoms in total. The van der Waals surface area contributed by atoms with Gasteiger partial charge in [0, 0.05) is 6.54 Å². The van der Waals surface area contributed by atoms with Crippen molar-refractivity contribution >= 4 is 11.5 Å². The number of nitrogen functional groups attached to an aromatic ring is 1. The third-order valence-electron chi connectivity index (χ3n) is 2.23.